The number of benzene rings is 9. The number of hydrogen-bond acceptors (Lipinski definition) is 22. The lowest BCUT2D eigenvalue weighted by atomic mass is 9.55. The van der Waals surface area contributed by atoms with Gasteiger partial charge in [0.25, 0.3) is 0 Å². The van der Waals surface area contributed by atoms with E-state index in [0.29, 0.717) is 50.5 Å². The Kier molecular flexibility index (Phi) is 41.3. The third-order valence-corrected chi connectivity index (χ3v) is 38.6. The Morgan fingerprint density at radius 1 is 0.423 bits per heavy atom. The van der Waals surface area contributed by atoms with Crippen LogP contribution in [0.15, 0.2) is 317 Å². The Morgan fingerprint density at radius 2 is 0.775 bits per heavy atom. The number of carbonyl (C=O) groups is 7. The second kappa shape index (κ2) is 51.3. The number of esters is 6. The molecule has 4 atom stereocenters. The minimum absolute atomic E-state index is 0.00702. The zero-order valence-electron chi connectivity index (χ0n) is 84.3. The van der Waals surface area contributed by atoms with Gasteiger partial charge in [-0.25, -0.2) is 34.8 Å². The minimum atomic E-state index is -4.52. The van der Waals surface area contributed by atoms with Crippen molar-refractivity contribution in [1.82, 2.24) is 0 Å². The first kappa shape index (κ1) is 114. The Balaban J connectivity index is 0.000000167. The van der Waals surface area contributed by atoms with E-state index < -0.39 is 105 Å². The zero-order chi connectivity index (χ0) is 103. The van der Waals surface area contributed by atoms with Gasteiger partial charge >= 0.3 is 35.8 Å². The van der Waals surface area contributed by atoms with Crippen LogP contribution in [-0.4, -0.2) is 135 Å². The van der Waals surface area contributed by atoms with Crippen LogP contribution in [0.4, 0.5) is 0 Å². The van der Waals surface area contributed by atoms with Gasteiger partial charge in [-0.15, -0.1) is 0 Å². The fraction of sp³-hybridized carbons (Fsp3) is 0.465. The molecule has 28 heteroatoms. The van der Waals surface area contributed by atoms with Crippen molar-refractivity contribution in [3.63, 3.8) is 0 Å². The molecule has 4 unspecified atom stereocenters. The number of fused-ring (bicyclic) bond motifs is 4. The molecule has 0 N–H and O–H groups in total. The van der Waals surface area contributed by atoms with Crippen LogP contribution in [0.2, 0.25) is 0 Å². The van der Waals surface area contributed by atoms with E-state index in [2.05, 4.69) is 292 Å². The predicted octanol–water partition coefficient (Wildman–Crippen LogP) is 22.8. The quantitative estimate of drug-likeness (QED) is 0.0200. The van der Waals surface area contributed by atoms with Crippen LogP contribution in [0.5, 0.6) is 0 Å². The van der Waals surface area contributed by atoms with Gasteiger partial charge in [-0.3, -0.25) is 24.0 Å². The largest absolute Gasteiger partial charge is 0.748 e. The summed E-state index contributed by atoms with van der Waals surface area (Å²) in [5.41, 5.74) is -5.16. The highest BCUT2D eigenvalue weighted by Crippen LogP contribution is 2.67. The molecule has 0 amide bonds. The standard InChI is InChI=1S/3C18H15S.C16H30O2.C12H18O7S.C12H18O5S.C10H16O4S.C10H18O4/c3*1-4-10-16(11-5-1)19(17-12-6-2-7-13-17)18-14-8-3-9-15-18;1-5-15(3,4)14(17)18-16(6-2)12-10-8-7-9-11-13-16;1-10(2)11(3)4-5-12(10,19-8(11)13)9(14)18-6-7-20(15,16)17;13-11(6-18(14,15)16)17-12-9-2-7-1-8(4-9)5-10(12)3-7;1-9(2)7-3-4-10(9,8(11)5-7)6-15(12,13)14;1-5-10(3,4)9(12)14-7-8(11)13-6-2/h3*1-15H;5-13H2,1-4H3;4-7H2,1-3H3,(H,15,16,17);7-10,12H,1-6H2,(H,14,15,16);7H,3-6H2,1-2H3,(H,12,13,14);5-7H2,1-4H3/q3*+1;;;;;/p-3. The summed E-state index contributed by atoms with van der Waals surface area (Å²) in [5.74, 6) is -2.76. The van der Waals surface area contributed by atoms with E-state index in [1.165, 1.54) is 82.6 Å². The van der Waals surface area contributed by atoms with E-state index in [9.17, 15) is 72.5 Å². The number of Topliss-reactive ketones (excluding diaryl/α,β-unsaturated/α-hetero) is 1. The first-order chi connectivity index (χ1) is 67.3. The average Bonchev–Trinajstić information content (AvgIpc) is 1.52. The van der Waals surface area contributed by atoms with E-state index in [0.717, 1.165) is 69.6 Å². The van der Waals surface area contributed by atoms with Crippen LogP contribution in [0.3, 0.4) is 0 Å². The van der Waals surface area contributed by atoms with Crippen LogP contribution in [-0.2, 0) is 125 Å². The van der Waals surface area contributed by atoms with E-state index in [1.54, 1.807) is 41.5 Å². The number of ether oxygens (including phenoxy) is 6. The van der Waals surface area contributed by atoms with Crippen molar-refractivity contribution >= 4 is 105 Å². The normalized spacial score (nSPS) is 22.3. The molecule has 8 saturated carbocycles. The molecule has 0 radical (unpaired) electrons. The molecule has 1 saturated heterocycles. The average molecular weight is 2060 g/mol. The van der Waals surface area contributed by atoms with Crippen molar-refractivity contribution in [2.24, 2.45) is 62.1 Å². The molecule has 766 valence electrons. The van der Waals surface area contributed by atoms with Crippen molar-refractivity contribution in [3.05, 3.63) is 273 Å². The molecule has 0 spiro atoms. The van der Waals surface area contributed by atoms with Gasteiger partial charge in [-0.1, -0.05) is 232 Å². The SMILES string of the molecule is CC1(C)C2CCC1(CS(=O)(=O)[O-])C(=O)C2.CC12CCC(C(=O)OCCS(=O)(=O)[O-])(OC1=O)C2(C)C.CCC1(OC(=O)C(C)(C)CC)CCCCCCC1.CCOC(=O)COC(=O)C(C)(C)CC.O=C(CS(=O)(=O)[O-])OC1C2CC3CC(C2)CC1C3.c1ccc([S+](c2ccccc2)c2ccccc2)cc1.c1ccc([S+](c2ccccc2)c2ccccc2)cc1.c1ccc([S+](c2ccccc2)c2ccccc2)cc1. The van der Waals surface area contributed by atoms with Gasteiger partial charge in [-0.05, 0) is 288 Å². The summed E-state index contributed by atoms with van der Waals surface area (Å²) in [6, 6.07) is 96.5. The van der Waals surface area contributed by atoms with E-state index >= 15 is 0 Å². The van der Waals surface area contributed by atoms with E-state index in [1.807, 2.05) is 34.6 Å². The molecule has 9 fully saturated rings. The molecule has 22 nitrogen and oxygen atoms in total. The van der Waals surface area contributed by atoms with Gasteiger partial charge in [0.2, 0.25) is 5.60 Å². The van der Waals surface area contributed by atoms with Gasteiger partial charge in [0, 0.05) is 17.3 Å². The van der Waals surface area contributed by atoms with Crippen molar-refractivity contribution in [3.8, 4) is 0 Å². The summed E-state index contributed by atoms with van der Waals surface area (Å²) in [6.45, 7) is 23.9. The second-order valence-electron chi connectivity index (χ2n) is 40.3. The fourth-order valence-electron chi connectivity index (χ4n) is 20.3. The number of rotatable bonds is 27. The zero-order valence-corrected chi connectivity index (χ0v) is 89.2. The number of ketones is 1. The van der Waals surface area contributed by atoms with Gasteiger partial charge in [0.05, 0.1) is 87.3 Å². The smallest absolute Gasteiger partial charge is 0.351 e. The van der Waals surface area contributed by atoms with Crippen molar-refractivity contribution in [1.29, 1.82) is 0 Å². The summed E-state index contributed by atoms with van der Waals surface area (Å²) < 4.78 is 127. The maximum Gasteiger partial charge on any atom is 0.351 e. The van der Waals surface area contributed by atoms with Gasteiger partial charge in [-0.2, -0.15) is 0 Å². The first-order valence-corrected chi connectivity index (χ1v) is 57.9. The number of hydrogen-bond donors (Lipinski definition) is 0. The molecule has 8 aliphatic carbocycles. The summed E-state index contributed by atoms with van der Waals surface area (Å²) in [6.07, 6.45) is 19.1. The lowest BCUT2D eigenvalue weighted by molar-refractivity contribution is -0.182. The third kappa shape index (κ3) is 30.5. The molecule has 8 bridgehead atoms. The van der Waals surface area contributed by atoms with Crippen LogP contribution in [0.25, 0.3) is 0 Å². The van der Waals surface area contributed by atoms with Crippen molar-refractivity contribution < 1.29 is 101 Å². The van der Waals surface area contributed by atoms with Crippen molar-refractivity contribution in [2.45, 2.75) is 280 Å². The van der Waals surface area contributed by atoms with Crippen LogP contribution in [0, 0.1) is 62.1 Å². The topological polar surface area (TPSA) is 346 Å². The maximum atomic E-state index is 12.3. The molecular formula is C114H142O22S6. The summed E-state index contributed by atoms with van der Waals surface area (Å²) in [4.78, 5) is 94.2. The van der Waals surface area contributed by atoms with E-state index in [-0.39, 0.29) is 85.5 Å². The molecule has 1 heterocycles. The second-order valence-corrected chi connectivity index (χ2v) is 50.7. The van der Waals surface area contributed by atoms with Gasteiger partial charge in [0.1, 0.15) is 40.0 Å². The monoisotopic (exact) mass is 2050 g/mol. The Hall–Kier alpha value is -9.75. The molecular weight excluding hydrogens is 1910 g/mol. The lowest BCUT2D eigenvalue weighted by Crippen LogP contribution is -2.50. The van der Waals surface area contributed by atoms with Crippen LogP contribution in [0.1, 0.15) is 218 Å². The highest BCUT2D eigenvalue weighted by molar-refractivity contribution is 7.97. The Labute approximate surface area is 851 Å². The highest BCUT2D eigenvalue weighted by Gasteiger charge is 2.76. The summed E-state index contributed by atoms with van der Waals surface area (Å²) >= 11 is 0. The predicted molar refractivity (Wildman–Crippen MR) is 552 cm³/mol. The lowest BCUT2D eigenvalue weighted by Gasteiger charge is -2.53. The molecule has 1 aliphatic heterocycles. The van der Waals surface area contributed by atoms with Crippen LogP contribution >= 0.6 is 0 Å². The molecule has 9 aromatic rings. The maximum absolute atomic E-state index is 12.3. The van der Waals surface area contributed by atoms with Gasteiger partial charge < -0.3 is 42.1 Å². The molecule has 9 aromatic carbocycles. The Morgan fingerprint density at radius 3 is 1.06 bits per heavy atom. The third-order valence-electron chi connectivity index (χ3n) is 29.8. The Bertz CT molecular complexity index is 5310. The summed E-state index contributed by atoms with van der Waals surface area (Å²) in [5, 5.41) is 0. The van der Waals surface area contributed by atoms with Gasteiger partial charge in [0.15, 0.2) is 50.7 Å². The first-order valence-electron chi connectivity index (χ1n) is 49.5. The van der Waals surface area contributed by atoms with Crippen LogP contribution < -0.4 is 0 Å². The minimum Gasteiger partial charge on any atom is -0.748 e. The highest BCUT2D eigenvalue weighted by atomic mass is 32.2. The molecule has 9 aliphatic rings. The van der Waals surface area contributed by atoms with E-state index in [4.69, 9.17) is 23.7 Å². The molecule has 18 rings (SSSR count). The summed E-state index contributed by atoms with van der Waals surface area (Å²) in [7, 11) is -13.3. The van der Waals surface area contributed by atoms with Crippen molar-refractivity contribution in [2.75, 3.05) is 37.1 Å². The fourth-order valence-corrected chi connectivity index (χ4v) is 28.6. The molecule has 0 aromatic heterocycles. The molecule has 142 heavy (non-hydrogen) atoms. The number of carbonyl (C=O) groups excluding carboxylic acids is 7.